The fourth-order valence-electron chi connectivity index (χ4n) is 3.50. The first-order valence-electron chi connectivity index (χ1n) is 8.63. The van der Waals surface area contributed by atoms with Crippen molar-refractivity contribution < 1.29 is 14.7 Å². The van der Waals surface area contributed by atoms with Crippen molar-refractivity contribution in [1.82, 2.24) is 14.7 Å². The van der Waals surface area contributed by atoms with E-state index in [9.17, 15) is 9.59 Å². The summed E-state index contributed by atoms with van der Waals surface area (Å²) in [6, 6.07) is 0.0968. The van der Waals surface area contributed by atoms with E-state index in [-0.39, 0.29) is 24.4 Å². The number of carboxylic acid groups (broad SMARTS) is 1. The van der Waals surface area contributed by atoms with E-state index >= 15 is 0 Å². The summed E-state index contributed by atoms with van der Waals surface area (Å²) in [5, 5.41) is 13.5. The topological polar surface area (TPSA) is 75.4 Å². The lowest BCUT2D eigenvalue weighted by Crippen LogP contribution is -2.37. The van der Waals surface area contributed by atoms with Gasteiger partial charge in [-0.3, -0.25) is 14.3 Å². The molecule has 1 aromatic heterocycles. The standard InChI is InChI=1S/C17H25N3O3/c1-3-11(2)20-16(12-6-7-12)14(10-18-20)17(23)19-8-4-5-13(19)9-15(21)22/h10-13H,3-9H2,1-2H3,(H,21,22). The molecule has 2 fully saturated rings. The van der Waals surface area contributed by atoms with E-state index in [1.165, 1.54) is 0 Å². The summed E-state index contributed by atoms with van der Waals surface area (Å²) in [5.41, 5.74) is 1.75. The molecule has 0 bridgehead atoms. The van der Waals surface area contributed by atoms with Crippen molar-refractivity contribution in [3.8, 4) is 0 Å². The number of carbonyl (C=O) groups is 2. The molecule has 1 N–H and O–H groups in total. The summed E-state index contributed by atoms with van der Waals surface area (Å²) in [6.45, 7) is 4.89. The molecule has 23 heavy (non-hydrogen) atoms. The number of hydrogen-bond donors (Lipinski definition) is 1. The Labute approximate surface area is 136 Å². The maximum Gasteiger partial charge on any atom is 0.305 e. The minimum atomic E-state index is -0.840. The lowest BCUT2D eigenvalue weighted by atomic mass is 10.1. The summed E-state index contributed by atoms with van der Waals surface area (Å²) in [6.07, 6.45) is 6.57. The van der Waals surface area contributed by atoms with Crippen LogP contribution in [0.3, 0.4) is 0 Å². The van der Waals surface area contributed by atoms with Crippen LogP contribution in [0.5, 0.6) is 0 Å². The van der Waals surface area contributed by atoms with Crippen LogP contribution < -0.4 is 0 Å². The van der Waals surface area contributed by atoms with Crippen molar-refractivity contribution in [2.45, 2.75) is 70.4 Å². The van der Waals surface area contributed by atoms with Crippen LogP contribution in [0.1, 0.15) is 80.4 Å². The second-order valence-corrected chi connectivity index (χ2v) is 6.81. The quantitative estimate of drug-likeness (QED) is 0.875. The molecule has 2 aliphatic rings. The van der Waals surface area contributed by atoms with E-state index in [2.05, 4.69) is 18.9 Å². The van der Waals surface area contributed by atoms with E-state index in [4.69, 9.17) is 5.11 Å². The number of hydrogen-bond acceptors (Lipinski definition) is 3. The summed E-state index contributed by atoms with van der Waals surface area (Å²) >= 11 is 0. The summed E-state index contributed by atoms with van der Waals surface area (Å²) in [5.74, 6) is -0.441. The zero-order valence-corrected chi connectivity index (χ0v) is 13.9. The van der Waals surface area contributed by atoms with Crippen LogP contribution in [0.25, 0.3) is 0 Å². The number of likely N-dealkylation sites (tertiary alicyclic amines) is 1. The van der Waals surface area contributed by atoms with Crippen LogP contribution in [0.15, 0.2) is 6.20 Å². The number of nitrogens with zero attached hydrogens (tertiary/aromatic N) is 3. The number of amides is 1. The first-order chi connectivity index (χ1) is 11.0. The number of rotatable bonds is 6. The largest absolute Gasteiger partial charge is 0.481 e. The molecular formula is C17H25N3O3. The van der Waals surface area contributed by atoms with E-state index in [1.54, 1.807) is 11.1 Å². The summed E-state index contributed by atoms with van der Waals surface area (Å²) in [7, 11) is 0. The van der Waals surface area contributed by atoms with Gasteiger partial charge in [0.25, 0.3) is 5.91 Å². The van der Waals surface area contributed by atoms with E-state index in [1.807, 2.05) is 4.68 Å². The highest BCUT2D eigenvalue weighted by Crippen LogP contribution is 2.43. The van der Waals surface area contributed by atoms with Gasteiger partial charge in [-0.1, -0.05) is 6.92 Å². The Morgan fingerprint density at radius 2 is 2.13 bits per heavy atom. The van der Waals surface area contributed by atoms with Gasteiger partial charge in [0.05, 0.1) is 23.9 Å². The molecule has 1 aromatic rings. The van der Waals surface area contributed by atoms with Gasteiger partial charge in [0.2, 0.25) is 0 Å². The predicted molar refractivity (Wildman–Crippen MR) is 85.5 cm³/mol. The van der Waals surface area contributed by atoms with Crippen LogP contribution in [-0.2, 0) is 4.79 Å². The van der Waals surface area contributed by atoms with Gasteiger partial charge in [-0.05, 0) is 39.0 Å². The van der Waals surface area contributed by atoms with Gasteiger partial charge in [0.15, 0.2) is 0 Å². The Morgan fingerprint density at radius 1 is 1.39 bits per heavy atom. The van der Waals surface area contributed by atoms with E-state index in [0.29, 0.717) is 18.0 Å². The lowest BCUT2D eigenvalue weighted by molar-refractivity contribution is -0.137. The maximum absolute atomic E-state index is 13.0. The molecular weight excluding hydrogens is 294 g/mol. The second kappa shape index (κ2) is 6.34. The third-order valence-electron chi connectivity index (χ3n) is 5.09. The van der Waals surface area contributed by atoms with Crippen LogP contribution in [0.2, 0.25) is 0 Å². The molecule has 6 nitrogen and oxygen atoms in total. The average Bonchev–Trinajstić information content (AvgIpc) is 3.09. The zero-order chi connectivity index (χ0) is 16.6. The normalized spacial score (nSPS) is 22.3. The SMILES string of the molecule is CCC(C)n1ncc(C(=O)N2CCCC2CC(=O)O)c1C1CC1. The Kier molecular flexibility index (Phi) is 4.41. The van der Waals surface area contributed by atoms with Crippen LogP contribution in [0, 0.1) is 0 Å². The van der Waals surface area contributed by atoms with Crippen molar-refractivity contribution in [1.29, 1.82) is 0 Å². The summed E-state index contributed by atoms with van der Waals surface area (Å²) < 4.78 is 2.01. The molecule has 0 spiro atoms. The molecule has 3 rings (SSSR count). The number of carbonyl (C=O) groups excluding carboxylic acids is 1. The van der Waals surface area contributed by atoms with Crippen LogP contribution in [-0.4, -0.2) is 44.3 Å². The molecule has 6 heteroatoms. The zero-order valence-electron chi connectivity index (χ0n) is 13.9. The third-order valence-corrected chi connectivity index (χ3v) is 5.09. The smallest absolute Gasteiger partial charge is 0.305 e. The molecule has 0 radical (unpaired) electrons. The monoisotopic (exact) mass is 319 g/mol. The molecule has 1 aliphatic carbocycles. The van der Waals surface area contributed by atoms with Crippen molar-refractivity contribution in [2.75, 3.05) is 6.54 Å². The van der Waals surface area contributed by atoms with Crippen LogP contribution >= 0.6 is 0 Å². The summed E-state index contributed by atoms with van der Waals surface area (Å²) in [4.78, 5) is 25.8. The molecule has 126 valence electrons. The van der Waals surface area contributed by atoms with E-state index < -0.39 is 5.97 Å². The van der Waals surface area contributed by atoms with Gasteiger partial charge < -0.3 is 10.0 Å². The van der Waals surface area contributed by atoms with E-state index in [0.717, 1.165) is 37.8 Å². The lowest BCUT2D eigenvalue weighted by Gasteiger charge is -2.24. The maximum atomic E-state index is 13.0. The Hall–Kier alpha value is -1.85. The second-order valence-electron chi connectivity index (χ2n) is 6.81. The highest BCUT2D eigenvalue weighted by Gasteiger charge is 2.37. The van der Waals surface area contributed by atoms with Gasteiger partial charge in [-0.15, -0.1) is 0 Å². The predicted octanol–water partition coefficient (Wildman–Crippen LogP) is 2.81. The van der Waals surface area contributed by atoms with Gasteiger partial charge >= 0.3 is 5.97 Å². The minimum absolute atomic E-state index is 0.0317. The molecule has 1 aliphatic heterocycles. The Morgan fingerprint density at radius 3 is 2.74 bits per heavy atom. The van der Waals surface area contributed by atoms with Gasteiger partial charge in [0.1, 0.15) is 0 Å². The van der Waals surface area contributed by atoms with Crippen molar-refractivity contribution in [3.05, 3.63) is 17.5 Å². The van der Waals surface area contributed by atoms with Crippen molar-refractivity contribution >= 4 is 11.9 Å². The molecule has 1 saturated heterocycles. The number of aromatic nitrogens is 2. The first-order valence-corrected chi connectivity index (χ1v) is 8.63. The first kappa shape index (κ1) is 16.0. The highest BCUT2D eigenvalue weighted by atomic mass is 16.4. The number of carboxylic acids is 1. The average molecular weight is 319 g/mol. The molecule has 1 amide bonds. The molecule has 0 aromatic carbocycles. The molecule has 2 heterocycles. The molecule has 1 saturated carbocycles. The van der Waals surface area contributed by atoms with Gasteiger partial charge in [-0.2, -0.15) is 5.10 Å². The van der Waals surface area contributed by atoms with Crippen molar-refractivity contribution in [2.24, 2.45) is 0 Å². The van der Waals surface area contributed by atoms with Gasteiger partial charge in [0, 0.05) is 24.5 Å². The highest BCUT2D eigenvalue weighted by molar-refractivity contribution is 5.96. The number of aliphatic carboxylic acids is 1. The molecule has 2 unspecified atom stereocenters. The molecule has 2 atom stereocenters. The van der Waals surface area contributed by atoms with Crippen molar-refractivity contribution in [3.63, 3.8) is 0 Å². The minimum Gasteiger partial charge on any atom is -0.481 e. The van der Waals surface area contributed by atoms with Gasteiger partial charge in [-0.25, -0.2) is 0 Å². The fourth-order valence-corrected chi connectivity index (χ4v) is 3.50. The third kappa shape index (κ3) is 3.12. The Balaban J connectivity index is 1.87. The fraction of sp³-hybridized carbons (Fsp3) is 0.706. The Bertz CT molecular complexity index is 606. The van der Waals surface area contributed by atoms with Crippen LogP contribution in [0.4, 0.5) is 0 Å².